The van der Waals surface area contributed by atoms with Gasteiger partial charge in [-0.2, -0.15) is 9.40 Å². The van der Waals surface area contributed by atoms with E-state index in [2.05, 4.69) is 20.5 Å². The molecule has 0 amide bonds. The van der Waals surface area contributed by atoms with Crippen LogP contribution in [0.1, 0.15) is 19.2 Å². The second-order valence-electron chi connectivity index (χ2n) is 4.62. The lowest BCUT2D eigenvalue weighted by molar-refractivity contribution is 0.457. The molecule has 0 aliphatic carbocycles. The van der Waals surface area contributed by atoms with Gasteiger partial charge in [-0.05, 0) is 18.6 Å². The number of aromatic amines is 1. The van der Waals surface area contributed by atoms with E-state index in [1.807, 2.05) is 13.0 Å². The molecule has 2 aromatic rings. The highest BCUT2D eigenvalue weighted by atomic mass is 32.2. The van der Waals surface area contributed by atoms with Gasteiger partial charge in [-0.25, -0.2) is 13.4 Å². The molecule has 0 saturated carbocycles. The fraction of sp³-hybridized carbons (Fsp3) is 0.385. The number of H-pyrrole nitrogens is 1. The molecular formula is C13H19N5O2S. The lowest BCUT2D eigenvalue weighted by atomic mass is 10.3. The molecule has 0 aliphatic rings. The van der Waals surface area contributed by atoms with Crippen molar-refractivity contribution in [1.82, 2.24) is 19.5 Å². The fourth-order valence-corrected chi connectivity index (χ4v) is 3.16. The number of hydrogen-bond acceptors (Lipinski definition) is 5. The Balaban J connectivity index is 2.26. The highest BCUT2D eigenvalue weighted by molar-refractivity contribution is 7.89. The molecule has 0 unspecified atom stereocenters. The van der Waals surface area contributed by atoms with Crippen LogP contribution in [-0.4, -0.2) is 41.5 Å². The molecule has 8 heteroatoms. The molecule has 1 aromatic heterocycles. The van der Waals surface area contributed by atoms with Gasteiger partial charge in [0, 0.05) is 13.6 Å². The summed E-state index contributed by atoms with van der Waals surface area (Å²) in [6.45, 7) is 2.89. The fourth-order valence-electron chi connectivity index (χ4n) is 1.87. The Bertz CT molecular complexity index is 670. The van der Waals surface area contributed by atoms with E-state index in [-0.39, 0.29) is 11.4 Å². The molecule has 0 spiro atoms. The first kappa shape index (κ1) is 15.5. The number of aromatic nitrogens is 3. The highest BCUT2D eigenvalue weighted by Gasteiger charge is 2.24. The summed E-state index contributed by atoms with van der Waals surface area (Å²) in [5.74, 6) is 0.500. The molecule has 21 heavy (non-hydrogen) atoms. The number of nitrogens with zero attached hydrogens (tertiary/aromatic N) is 3. The summed E-state index contributed by atoms with van der Waals surface area (Å²) in [5.41, 5.74) is 0.615. The Morgan fingerprint density at radius 3 is 2.76 bits per heavy atom. The molecule has 0 aliphatic heterocycles. The first-order chi connectivity index (χ1) is 10.1. The van der Waals surface area contributed by atoms with E-state index in [0.29, 0.717) is 11.5 Å². The third-order valence-corrected chi connectivity index (χ3v) is 4.84. The summed E-state index contributed by atoms with van der Waals surface area (Å²) >= 11 is 0. The average Bonchev–Trinajstić information content (AvgIpc) is 2.98. The molecule has 7 nitrogen and oxygen atoms in total. The van der Waals surface area contributed by atoms with Gasteiger partial charge in [0.1, 0.15) is 17.0 Å². The average molecular weight is 309 g/mol. The van der Waals surface area contributed by atoms with Crippen LogP contribution in [0.3, 0.4) is 0 Å². The number of nitrogens with one attached hydrogen (secondary N) is 2. The van der Waals surface area contributed by atoms with Crippen LogP contribution in [0.15, 0.2) is 35.5 Å². The number of rotatable bonds is 7. The van der Waals surface area contributed by atoms with E-state index in [1.165, 1.54) is 17.7 Å². The molecule has 2 N–H and O–H groups in total. The number of para-hydroxylation sites is 1. The number of anilines is 1. The van der Waals surface area contributed by atoms with Crippen LogP contribution in [0.2, 0.25) is 0 Å². The minimum atomic E-state index is -3.59. The van der Waals surface area contributed by atoms with Crippen molar-refractivity contribution >= 4 is 15.7 Å². The summed E-state index contributed by atoms with van der Waals surface area (Å²) < 4.78 is 26.6. The summed E-state index contributed by atoms with van der Waals surface area (Å²) in [4.78, 5) is 4.21. The number of hydrogen-bond donors (Lipinski definition) is 2. The molecule has 114 valence electrons. The largest absolute Gasteiger partial charge is 0.384 e. The summed E-state index contributed by atoms with van der Waals surface area (Å²) in [7, 11) is -2.07. The van der Waals surface area contributed by atoms with Crippen molar-refractivity contribution in [3.63, 3.8) is 0 Å². The van der Waals surface area contributed by atoms with E-state index < -0.39 is 10.0 Å². The van der Waals surface area contributed by atoms with E-state index in [0.717, 1.165) is 13.0 Å². The van der Waals surface area contributed by atoms with Gasteiger partial charge in [-0.3, -0.25) is 5.10 Å². The van der Waals surface area contributed by atoms with Gasteiger partial charge < -0.3 is 5.32 Å². The Morgan fingerprint density at radius 1 is 1.33 bits per heavy atom. The second-order valence-corrected chi connectivity index (χ2v) is 6.63. The zero-order valence-electron chi connectivity index (χ0n) is 12.1. The molecule has 2 rings (SSSR count). The topological polar surface area (TPSA) is 91.0 Å². The predicted molar refractivity (Wildman–Crippen MR) is 80.3 cm³/mol. The highest BCUT2D eigenvalue weighted by Crippen LogP contribution is 2.24. The van der Waals surface area contributed by atoms with Crippen LogP contribution < -0.4 is 5.32 Å². The lowest BCUT2D eigenvalue weighted by Gasteiger charge is -2.18. The number of benzene rings is 1. The van der Waals surface area contributed by atoms with Crippen LogP contribution in [0, 0.1) is 0 Å². The quantitative estimate of drug-likeness (QED) is 0.807. The van der Waals surface area contributed by atoms with Crippen molar-refractivity contribution in [2.24, 2.45) is 0 Å². The Kier molecular flexibility index (Phi) is 4.92. The monoisotopic (exact) mass is 309 g/mol. The van der Waals surface area contributed by atoms with Crippen molar-refractivity contribution in [3.05, 3.63) is 36.4 Å². The molecule has 0 atom stereocenters. The maximum atomic E-state index is 12.7. The van der Waals surface area contributed by atoms with E-state index >= 15 is 0 Å². The maximum absolute atomic E-state index is 12.7. The zero-order valence-corrected chi connectivity index (χ0v) is 12.9. The minimum Gasteiger partial charge on any atom is -0.384 e. The normalized spacial score (nSPS) is 11.8. The summed E-state index contributed by atoms with van der Waals surface area (Å²) in [6, 6.07) is 6.90. The molecule has 0 fully saturated rings. The molecule has 1 aromatic carbocycles. The van der Waals surface area contributed by atoms with Crippen molar-refractivity contribution in [1.29, 1.82) is 0 Å². The third kappa shape index (κ3) is 3.59. The summed E-state index contributed by atoms with van der Waals surface area (Å²) in [6.07, 6.45) is 2.27. The maximum Gasteiger partial charge on any atom is 0.245 e. The van der Waals surface area contributed by atoms with Crippen molar-refractivity contribution in [2.75, 3.05) is 18.9 Å². The third-order valence-electron chi connectivity index (χ3n) is 2.98. The van der Waals surface area contributed by atoms with Crippen LogP contribution in [-0.2, 0) is 16.6 Å². The van der Waals surface area contributed by atoms with Gasteiger partial charge in [0.2, 0.25) is 10.0 Å². The van der Waals surface area contributed by atoms with Gasteiger partial charge in [-0.15, -0.1) is 0 Å². The Morgan fingerprint density at radius 2 is 2.10 bits per heavy atom. The Hall–Kier alpha value is -1.93. The lowest BCUT2D eigenvalue weighted by Crippen LogP contribution is -2.27. The first-order valence-electron chi connectivity index (χ1n) is 6.69. The first-order valence-corrected chi connectivity index (χ1v) is 8.13. The Labute approximate surface area is 124 Å². The van der Waals surface area contributed by atoms with Crippen LogP contribution in [0.25, 0.3) is 0 Å². The van der Waals surface area contributed by atoms with Crippen LogP contribution in [0.5, 0.6) is 0 Å². The van der Waals surface area contributed by atoms with Crippen LogP contribution in [0.4, 0.5) is 5.69 Å². The molecule has 1 heterocycles. The van der Waals surface area contributed by atoms with Crippen molar-refractivity contribution in [2.45, 2.75) is 24.8 Å². The molecular weight excluding hydrogens is 290 g/mol. The van der Waals surface area contributed by atoms with E-state index in [4.69, 9.17) is 0 Å². The van der Waals surface area contributed by atoms with E-state index in [1.54, 1.807) is 18.2 Å². The van der Waals surface area contributed by atoms with Gasteiger partial charge >= 0.3 is 0 Å². The minimum absolute atomic E-state index is 0.143. The molecule has 0 bridgehead atoms. The molecule has 0 saturated heterocycles. The van der Waals surface area contributed by atoms with Crippen molar-refractivity contribution < 1.29 is 8.42 Å². The zero-order chi connectivity index (χ0) is 15.3. The SMILES string of the molecule is CCCNc1ccccc1S(=O)(=O)N(C)Cc1ncn[nH]1. The van der Waals surface area contributed by atoms with Gasteiger partial charge in [-0.1, -0.05) is 19.1 Å². The molecule has 0 radical (unpaired) electrons. The standard InChI is InChI=1S/C13H19N5O2S/c1-3-8-14-11-6-4-5-7-12(11)21(19,20)18(2)9-13-15-10-16-17-13/h4-7,10,14H,3,8-9H2,1-2H3,(H,15,16,17). The van der Waals surface area contributed by atoms with Crippen LogP contribution >= 0.6 is 0 Å². The van der Waals surface area contributed by atoms with Crippen molar-refractivity contribution in [3.8, 4) is 0 Å². The smallest absolute Gasteiger partial charge is 0.245 e. The van der Waals surface area contributed by atoms with E-state index in [9.17, 15) is 8.42 Å². The predicted octanol–water partition coefficient (Wildman–Crippen LogP) is 1.45. The van der Waals surface area contributed by atoms with Gasteiger partial charge in [0.25, 0.3) is 0 Å². The van der Waals surface area contributed by atoms with Gasteiger partial charge in [0.15, 0.2) is 0 Å². The number of sulfonamides is 1. The van der Waals surface area contributed by atoms with Gasteiger partial charge in [0.05, 0.1) is 12.2 Å². The summed E-state index contributed by atoms with van der Waals surface area (Å²) in [5, 5.41) is 9.52. The second kappa shape index (κ2) is 6.68.